The van der Waals surface area contributed by atoms with Crippen molar-refractivity contribution in [3.05, 3.63) is 112 Å². The van der Waals surface area contributed by atoms with Gasteiger partial charge in [-0.25, -0.2) is 11.6 Å². The van der Waals surface area contributed by atoms with Crippen molar-refractivity contribution in [1.29, 1.82) is 0 Å². The van der Waals surface area contributed by atoms with E-state index in [0.29, 0.717) is 0 Å². The number of hydrogen-bond acceptors (Lipinski definition) is 0. The van der Waals surface area contributed by atoms with E-state index >= 15 is 0 Å². The van der Waals surface area contributed by atoms with Crippen molar-refractivity contribution in [3.8, 4) is 0 Å². The van der Waals surface area contributed by atoms with Gasteiger partial charge in [-0.2, -0.15) is 6.08 Å². The van der Waals surface area contributed by atoms with E-state index in [0.717, 1.165) is 25.7 Å². The molecule has 44 heavy (non-hydrogen) atoms. The maximum Gasteiger partial charge on any atom is 0.154 e. The van der Waals surface area contributed by atoms with Crippen molar-refractivity contribution in [3.63, 3.8) is 0 Å². The Morgan fingerprint density at radius 2 is 1.02 bits per heavy atom. The van der Waals surface area contributed by atoms with Crippen molar-refractivity contribution >= 4 is 61.6 Å². The summed E-state index contributed by atoms with van der Waals surface area (Å²) in [5, 5.41) is 4.53. The topological polar surface area (TPSA) is 0 Å². The number of aryl methyl sites for hydroxylation is 4. The van der Waals surface area contributed by atoms with E-state index in [2.05, 4.69) is 149 Å². The van der Waals surface area contributed by atoms with Gasteiger partial charge in [-0.15, -0.1) is 43.6 Å². The maximum atomic E-state index is 3.21. The molecule has 0 unspecified atom stereocenters. The Morgan fingerprint density at radius 3 is 1.36 bits per heavy atom. The van der Waals surface area contributed by atoms with E-state index < -0.39 is 8.80 Å². The van der Waals surface area contributed by atoms with Crippen LogP contribution in [0.2, 0.25) is 0 Å². The number of rotatable bonds is 6. The summed E-state index contributed by atoms with van der Waals surface area (Å²) in [6.45, 7) is 25.2. The molecule has 1 radical (unpaired) electrons. The molecule has 0 nitrogen and oxygen atoms in total. The molecule has 0 spiro atoms. The quantitative estimate of drug-likeness (QED) is 0.136. The van der Waals surface area contributed by atoms with E-state index in [1.807, 2.05) is 0 Å². The van der Waals surface area contributed by atoms with Gasteiger partial charge in [-0.3, -0.25) is 6.08 Å². The van der Waals surface area contributed by atoms with Crippen LogP contribution in [-0.4, -0.2) is 8.80 Å². The number of benzene rings is 3. The second-order valence-electron chi connectivity index (χ2n) is 13.5. The molecule has 241 valence electrons. The number of allylic oxidation sites excluding steroid dienone is 4. The first-order chi connectivity index (χ1) is 18.7. The Hall–Kier alpha value is -1.06. The van der Waals surface area contributed by atoms with Crippen LogP contribution in [0.1, 0.15) is 109 Å². The molecular weight excluding hydrogens is 651 g/mol. The molecule has 1 aliphatic rings. The van der Waals surface area contributed by atoms with E-state index in [1.165, 1.54) is 54.5 Å². The van der Waals surface area contributed by atoms with Gasteiger partial charge in [0.2, 0.25) is 0 Å². The van der Waals surface area contributed by atoms with E-state index in [9.17, 15) is 0 Å². The van der Waals surface area contributed by atoms with Crippen LogP contribution in [-0.2, 0) is 45.4 Å². The Kier molecular flexibility index (Phi) is 20.0. The molecule has 4 rings (SSSR count). The molecule has 0 atom stereocenters. The summed E-state index contributed by atoms with van der Waals surface area (Å²) in [4.78, 5) is 0. The maximum absolute atomic E-state index is 3.21. The smallest absolute Gasteiger partial charge is 0.154 e. The molecular formula is C39H55Cl3SiTi-. The first kappa shape index (κ1) is 45.1. The van der Waals surface area contributed by atoms with Gasteiger partial charge in [0.1, 0.15) is 0 Å². The molecule has 0 N–H and O–H groups in total. The second-order valence-corrected chi connectivity index (χ2v) is 15.9. The minimum Gasteiger partial charge on any atom is -0.270 e. The van der Waals surface area contributed by atoms with Crippen molar-refractivity contribution in [2.45, 2.75) is 113 Å². The fourth-order valence-corrected chi connectivity index (χ4v) is 8.27. The average Bonchev–Trinajstić information content (AvgIpc) is 3.41. The van der Waals surface area contributed by atoms with E-state index in [1.54, 1.807) is 0 Å². The second kappa shape index (κ2) is 19.6. The summed E-state index contributed by atoms with van der Waals surface area (Å²) in [5.74, 6) is 0. The van der Waals surface area contributed by atoms with Gasteiger partial charge in [0.25, 0.3) is 0 Å². The van der Waals surface area contributed by atoms with Gasteiger partial charge in [0, 0.05) is 21.7 Å². The minimum atomic E-state index is -1.15. The molecule has 0 heterocycles. The molecule has 0 aliphatic heterocycles. The van der Waals surface area contributed by atoms with Crippen LogP contribution in [0.5, 0.6) is 0 Å². The van der Waals surface area contributed by atoms with Gasteiger partial charge >= 0.3 is 0 Å². The molecule has 5 heteroatoms. The predicted octanol–water partition coefficient (Wildman–Crippen LogP) is 9.89. The Labute approximate surface area is 305 Å². The molecule has 3 aromatic rings. The van der Waals surface area contributed by atoms with Gasteiger partial charge in [0.15, 0.2) is 8.80 Å². The van der Waals surface area contributed by atoms with Crippen LogP contribution < -0.4 is 15.6 Å². The summed E-state index contributed by atoms with van der Waals surface area (Å²) < 4.78 is 0. The van der Waals surface area contributed by atoms with Crippen LogP contribution in [0.25, 0.3) is 0 Å². The van der Waals surface area contributed by atoms with E-state index in [-0.39, 0.29) is 69.8 Å². The monoisotopic (exact) mass is 704 g/mol. The average molecular weight is 706 g/mol. The van der Waals surface area contributed by atoms with Crippen LogP contribution in [0.4, 0.5) is 0 Å². The van der Waals surface area contributed by atoms with Crippen LogP contribution in [0, 0.1) is 19.9 Å². The zero-order valence-electron chi connectivity index (χ0n) is 28.9. The molecule has 0 saturated heterocycles. The Bertz CT molecular complexity index is 1300. The summed E-state index contributed by atoms with van der Waals surface area (Å²) in [6.07, 6.45) is 11.8. The van der Waals surface area contributed by atoms with Gasteiger partial charge in [0.05, 0.1) is 0 Å². The summed E-state index contributed by atoms with van der Waals surface area (Å²) >= 11 is 0. The fraction of sp³-hybridized carbons (Fsp3) is 0.436. The number of hydrogen-bond donors (Lipinski definition) is 0. The van der Waals surface area contributed by atoms with E-state index in [4.69, 9.17) is 0 Å². The molecule has 3 aromatic carbocycles. The van der Waals surface area contributed by atoms with Crippen molar-refractivity contribution in [1.82, 2.24) is 0 Å². The number of halogens is 3. The third-order valence-electron chi connectivity index (χ3n) is 7.77. The first-order valence-corrected chi connectivity index (χ1v) is 16.8. The summed E-state index contributed by atoms with van der Waals surface area (Å²) in [7, 11) is -1.15. The van der Waals surface area contributed by atoms with Crippen molar-refractivity contribution in [2.24, 2.45) is 0 Å². The summed E-state index contributed by atoms with van der Waals surface area (Å²) in [6, 6.07) is 22.0. The predicted molar refractivity (Wildman–Crippen MR) is 202 cm³/mol. The van der Waals surface area contributed by atoms with Crippen LogP contribution in [0.15, 0.2) is 72.3 Å². The van der Waals surface area contributed by atoms with Crippen molar-refractivity contribution < 1.29 is 21.7 Å². The third kappa shape index (κ3) is 12.6. The Balaban J connectivity index is 0. The molecule has 0 fully saturated rings. The van der Waals surface area contributed by atoms with Gasteiger partial charge < -0.3 is 0 Å². The molecule has 0 aromatic heterocycles. The minimum absolute atomic E-state index is 0. The molecule has 0 amide bonds. The van der Waals surface area contributed by atoms with Crippen LogP contribution in [0.3, 0.4) is 0 Å². The first-order valence-electron chi connectivity index (χ1n) is 15.3. The molecule has 0 bridgehead atoms. The summed E-state index contributed by atoms with van der Waals surface area (Å²) in [5.41, 5.74) is 10.1. The zero-order valence-corrected chi connectivity index (χ0v) is 33.9. The normalized spacial score (nSPS) is 12.1. The van der Waals surface area contributed by atoms with Crippen LogP contribution >= 0.6 is 37.2 Å². The molecule has 0 saturated carbocycles. The zero-order chi connectivity index (χ0) is 29.7. The van der Waals surface area contributed by atoms with Crippen molar-refractivity contribution in [2.75, 3.05) is 0 Å². The largest absolute Gasteiger partial charge is 0.270 e. The Morgan fingerprint density at radius 1 is 0.591 bits per heavy atom. The molecule has 1 aliphatic carbocycles. The standard InChI is InChI=1S/C32H43Si.C7H9.3ClH.Ti/c1-11-24-16-25(12-2)18-29(17-24)33(28-14-22(3)13-23(4)15-28)30-20-26(31(5,6)7)19-27(21-30)32(8,9)10;1-2-7-5-3-4-6-7;;;;/h13-21H,11-12H2,1-10H3;3,5H,2,4H2,1H3;3*1H;/q;-1;;;;. The fourth-order valence-electron chi connectivity index (χ4n) is 5.27. The van der Waals surface area contributed by atoms with Gasteiger partial charge in [-0.1, -0.05) is 150 Å². The van der Waals surface area contributed by atoms with Gasteiger partial charge in [-0.05, 0) is 59.8 Å². The third-order valence-corrected chi connectivity index (χ3v) is 10.4. The SMILES string of the molecule is CCC1=[C-]CC=C1.CCc1cc(CC)cc([Si](c2cc(C)cc(C)c2)c2cc(C(C)(C)C)cc(C(C)(C)C)c2)c1.Cl.Cl.Cl.[Ti].